The van der Waals surface area contributed by atoms with Crippen LogP contribution in [0.1, 0.15) is 29.6 Å². The zero-order chi connectivity index (χ0) is 17.7. The lowest BCUT2D eigenvalue weighted by Gasteiger charge is -2.18. The molecular formula is C22H23N3O. The summed E-state index contributed by atoms with van der Waals surface area (Å²) in [4.78, 5) is 15.1. The average Bonchev–Trinajstić information content (AvgIpc) is 3.36. The third kappa shape index (κ3) is 2.52. The Morgan fingerprint density at radius 2 is 1.92 bits per heavy atom. The molecule has 2 aliphatic rings. The zero-order valence-corrected chi connectivity index (χ0v) is 15.1. The molecule has 2 fully saturated rings. The van der Waals surface area contributed by atoms with E-state index >= 15 is 0 Å². The van der Waals surface area contributed by atoms with Crippen molar-refractivity contribution in [3.63, 3.8) is 0 Å². The zero-order valence-electron chi connectivity index (χ0n) is 15.1. The van der Waals surface area contributed by atoms with Crippen LogP contribution in [0.5, 0.6) is 0 Å². The molecule has 1 aromatic heterocycles. The minimum Gasteiger partial charge on any atom is -0.338 e. The first kappa shape index (κ1) is 15.6. The second-order valence-electron chi connectivity index (χ2n) is 7.81. The van der Waals surface area contributed by atoms with Gasteiger partial charge in [0.25, 0.3) is 5.91 Å². The average molecular weight is 345 g/mol. The highest BCUT2D eigenvalue weighted by molar-refractivity contribution is 6.02. The molecule has 1 aliphatic heterocycles. The Kier molecular flexibility index (Phi) is 3.59. The molecular weight excluding hydrogens is 322 g/mol. The molecule has 4 nitrogen and oxygen atoms in total. The number of aryl methyl sites for hydroxylation is 1. The van der Waals surface area contributed by atoms with Crippen molar-refractivity contribution < 1.29 is 4.79 Å². The van der Waals surface area contributed by atoms with E-state index < -0.39 is 0 Å². The van der Waals surface area contributed by atoms with E-state index in [4.69, 9.17) is 0 Å². The van der Waals surface area contributed by atoms with E-state index in [9.17, 15) is 4.79 Å². The summed E-state index contributed by atoms with van der Waals surface area (Å²) >= 11 is 0. The molecule has 1 aliphatic carbocycles. The van der Waals surface area contributed by atoms with E-state index in [1.807, 2.05) is 36.3 Å². The summed E-state index contributed by atoms with van der Waals surface area (Å²) in [7, 11) is 1.93. The van der Waals surface area contributed by atoms with Crippen molar-refractivity contribution in [1.82, 2.24) is 14.7 Å². The number of likely N-dealkylation sites (tertiary alicyclic amines) is 1. The van der Waals surface area contributed by atoms with Crippen LogP contribution in [-0.4, -0.2) is 33.7 Å². The van der Waals surface area contributed by atoms with Crippen molar-refractivity contribution in [3.8, 4) is 11.1 Å². The molecule has 0 unspecified atom stereocenters. The number of benzene rings is 2. The van der Waals surface area contributed by atoms with Gasteiger partial charge >= 0.3 is 0 Å². The summed E-state index contributed by atoms with van der Waals surface area (Å²) in [5.41, 5.74) is 3.07. The molecule has 1 amide bonds. The van der Waals surface area contributed by atoms with E-state index in [0.29, 0.717) is 0 Å². The van der Waals surface area contributed by atoms with Gasteiger partial charge in [0.1, 0.15) is 0 Å². The molecule has 5 rings (SSSR count). The van der Waals surface area contributed by atoms with Crippen molar-refractivity contribution in [2.45, 2.75) is 19.3 Å². The number of hydrogen-bond donors (Lipinski definition) is 0. The maximum atomic E-state index is 13.0. The highest BCUT2D eigenvalue weighted by atomic mass is 16.2. The molecule has 4 heteroatoms. The van der Waals surface area contributed by atoms with Crippen LogP contribution in [0.15, 0.2) is 48.8 Å². The fourth-order valence-corrected chi connectivity index (χ4v) is 4.81. The summed E-state index contributed by atoms with van der Waals surface area (Å²) in [6, 6.07) is 12.4. The van der Waals surface area contributed by atoms with Gasteiger partial charge in [-0.15, -0.1) is 0 Å². The van der Waals surface area contributed by atoms with Crippen LogP contribution in [-0.2, 0) is 7.05 Å². The third-order valence-corrected chi connectivity index (χ3v) is 6.16. The predicted molar refractivity (Wildman–Crippen MR) is 103 cm³/mol. The van der Waals surface area contributed by atoms with E-state index in [2.05, 4.69) is 34.3 Å². The second-order valence-corrected chi connectivity index (χ2v) is 7.81. The lowest BCUT2D eigenvalue weighted by atomic mass is 9.98. The molecule has 0 N–H and O–H groups in total. The highest BCUT2D eigenvalue weighted by Gasteiger charge is 2.38. The molecule has 2 atom stereocenters. The van der Waals surface area contributed by atoms with Gasteiger partial charge in [-0.05, 0) is 53.1 Å². The monoisotopic (exact) mass is 345 g/mol. The number of hydrogen-bond acceptors (Lipinski definition) is 2. The molecule has 0 bridgehead atoms. The number of nitrogens with zero attached hydrogens (tertiary/aromatic N) is 3. The largest absolute Gasteiger partial charge is 0.338 e. The van der Waals surface area contributed by atoms with Crippen LogP contribution < -0.4 is 0 Å². The Labute approximate surface area is 153 Å². The number of rotatable bonds is 2. The van der Waals surface area contributed by atoms with Gasteiger partial charge < -0.3 is 4.90 Å². The summed E-state index contributed by atoms with van der Waals surface area (Å²) in [5, 5.41) is 6.55. The molecule has 2 aromatic carbocycles. The Bertz CT molecular complexity index is 978. The standard InChI is InChI=1S/C22H23N3O/c1-24-12-19(11-23-24)20-7-3-4-15-10-16(8-9-21(15)20)22(26)25-13-17-5-2-6-18(17)14-25/h3-4,7-12,17-18H,2,5-6,13-14H2,1H3/t17-,18+. The Balaban J connectivity index is 1.48. The van der Waals surface area contributed by atoms with Crippen molar-refractivity contribution in [3.05, 3.63) is 54.4 Å². The second kappa shape index (κ2) is 5.97. The van der Waals surface area contributed by atoms with Gasteiger partial charge in [0.15, 0.2) is 0 Å². The number of aromatic nitrogens is 2. The van der Waals surface area contributed by atoms with Crippen LogP contribution in [0.25, 0.3) is 21.9 Å². The first-order chi connectivity index (χ1) is 12.7. The van der Waals surface area contributed by atoms with Crippen molar-refractivity contribution >= 4 is 16.7 Å². The first-order valence-corrected chi connectivity index (χ1v) is 9.50. The van der Waals surface area contributed by atoms with Crippen molar-refractivity contribution in [2.75, 3.05) is 13.1 Å². The molecule has 3 aromatic rings. The van der Waals surface area contributed by atoms with Gasteiger partial charge in [-0.25, -0.2) is 0 Å². The van der Waals surface area contributed by atoms with Gasteiger partial charge in [-0.3, -0.25) is 9.48 Å². The maximum absolute atomic E-state index is 13.0. The molecule has 0 radical (unpaired) electrons. The summed E-state index contributed by atoms with van der Waals surface area (Å²) in [6.07, 6.45) is 7.83. The van der Waals surface area contributed by atoms with E-state index in [0.717, 1.165) is 52.4 Å². The number of carbonyl (C=O) groups is 1. The summed E-state index contributed by atoms with van der Waals surface area (Å²) in [6.45, 7) is 1.88. The van der Waals surface area contributed by atoms with E-state index in [-0.39, 0.29) is 5.91 Å². The predicted octanol–water partition coefficient (Wildman–Crippen LogP) is 4.11. The van der Waals surface area contributed by atoms with Crippen LogP contribution in [0, 0.1) is 11.8 Å². The molecule has 132 valence electrons. The topological polar surface area (TPSA) is 38.1 Å². The van der Waals surface area contributed by atoms with E-state index in [1.54, 1.807) is 0 Å². The van der Waals surface area contributed by atoms with Gasteiger partial charge in [0.05, 0.1) is 6.20 Å². The normalized spacial score (nSPS) is 22.1. The summed E-state index contributed by atoms with van der Waals surface area (Å²) in [5.74, 6) is 1.65. The molecule has 2 heterocycles. The van der Waals surface area contributed by atoms with Crippen LogP contribution >= 0.6 is 0 Å². The lowest BCUT2D eigenvalue weighted by Crippen LogP contribution is -2.29. The minimum atomic E-state index is 0.188. The fourth-order valence-electron chi connectivity index (χ4n) is 4.81. The van der Waals surface area contributed by atoms with Gasteiger partial charge in [0.2, 0.25) is 0 Å². The Morgan fingerprint density at radius 1 is 1.12 bits per heavy atom. The van der Waals surface area contributed by atoms with Gasteiger partial charge in [-0.2, -0.15) is 5.10 Å². The molecule has 1 saturated carbocycles. The molecule has 1 saturated heterocycles. The Morgan fingerprint density at radius 3 is 2.65 bits per heavy atom. The smallest absolute Gasteiger partial charge is 0.253 e. The minimum absolute atomic E-state index is 0.188. The van der Waals surface area contributed by atoms with Crippen LogP contribution in [0.3, 0.4) is 0 Å². The van der Waals surface area contributed by atoms with Crippen LogP contribution in [0.2, 0.25) is 0 Å². The SMILES string of the molecule is Cn1cc(-c2cccc3cc(C(=O)N4C[C@H]5CCC[C@H]5C4)ccc23)cn1. The molecule has 26 heavy (non-hydrogen) atoms. The molecule has 0 spiro atoms. The lowest BCUT2D eigenvalue weighted by molar-refractivity contribution is 0.0781. The number of amides is 1. The number of carbonyl (C=O) groups excluding carboxylic acids is 1. The van der Waals surface area contributed by atoms with Gasteiger partial charge in [0, 0.05) is 37.5 Å². The van der Waals surface area contributed by atoms with Crippen molar-refractivity contribution in [2.24, 2.45) is 18.9 Å². The first-order valence-electron chi connectivity index (χ1n) is 9.50. The summed E-state index contributed by atoms with van der Waals surface area (Å²) < 4.78 is 1.82. The van der Waals surface area contributed by atoms with E-state index in [1.165, 1.54) is 19.3 Å². The highest BCUT2D eigenvalue weighted by Crippen LogP contribution is 2.38. The van der Waals surface area contributed by atoms with Crippen LogP contribution in [0.4, 0.5) is 0 Å². The van der Waals surface area contributed by atoms with Gasteiger partial charge in [-0.1, -0.05) is 30.7 Å². The van der Waals surface area contributed by atoms with Crippen molar-refractivity contribution in [1.29, 1.82) is 0 Å². The number of fused-ring (bicyclic) bond motifs is 2. The Hall–Kier alpha value is -2.62. The maximum Gasteiger partial charge on any atom is 0.253 e. The third-order valence-electron chi connectivity index (χ3n) is 6.16. The quantitative estimate of drug-likeness (QED) is 0.701. The fraction of sp³-hybridized carbons (Fsp3) is 0.364.